The van der Waals surface area contributed by atoms with Gasteiger partial charge in [-0.3, -0.25) is 8.82 Å². The van der Waals surface area contributed by atoms with E-state index in [0.29, 0.717) is 23.0 Å². The summed E-state index contributed by atoms with van der Waals surface area (Å²) in [7, 11) is 3.09. The van der Waals surface area contributed by atoms with Gasteiger partial charge in [0, 0.05) is 18.3 Å². The maximum absolute atomic E-state index is 13.1. The van der Waals surface area contributed by atoms with E-state index in [1.807, 2.05) is 35.0 Å². The molecule has 0 heterocycles. The molecule has 0 bridgehead atoms. The van der Waals surface area contributed by atoms with Crippen LogP contribution in [0.3, 0.4) is 0 Å². The summed E-state index contributed by atoms with van der Waals surface area (Å²) in [5, 5.41) is 8.53. The lowest BCUT2D eigenvalue weighted by molar-refractivity contribution is -0.746. The number of carboxylic acid groups (broad SMARTS) is 1. The van der Waals surface area contributed by atoms with Crippen LogP contribution in [-0.4, -0.2) is 60.9 Å². The second-order valence-electron chi connectivity index (χ2n) is 6.16. The maximum atomic E-state index is 13.1. The second kappa shape index (κ2) is 9.11. The van der Waals surface area contributed by atoms with Crippen molar-refractivity contribution in [3.05, 3.63) is 12.2 Å². The molecule has 2 unspecified atom stereocenters. The van der Waals surface area contributed by atoms with Crippen molar-refractivity contribution in [2.45, 2.75) is 39.2 Å². The van der Waals surface area contributed by atoms with Crippen LogP contribution in [-0.2, 0) is 18.9 Å². The number of esters is 1. The Hall–Kier alpha value is -1.13. The van der Waals surface area contributed by atoms with Gasteiger partial charge in [0.2, 0.25) is 0 Å². The van der Waals surface area contributed by atoms with Crippen molar-refractivity contribution in [3.8, 4) is 0 Å². The molecule has 0 aromatic heterocycles. The molecule has 1 N–H and O–H groups in total. The number of unbranched alkanes of at least 4 members (excludes halogenated alkanes) is 1. The van der Waals surface area contributed by atoms with E-state index in [1.54, 1.807) is 0 Å². The second-order valence-corrected chi connectivity index (χ2v) is 10.0. The highest BCUT2D eigenvalue weighted by Crippen LogP contribution is 2.53. The number of hydrogen-bond donors (Lipinski definition) is 1. The highest BCUT2D eigenvalue weighted by atomic mass is 31.2. The Morgan fingerprint density at radius 1 is 1.23 bits per heavy atom. The summed E-state index contributed by atoms with van der Waals surface area (Å²) in [5.41, 5.74) is 0. The van der Waals surface area contributed by atoms with Crippen LogP contribution in [0.5, 0.6) is 0 Å². The minimum absolute atomic E-state index is 0.319. The molecule has 0 aromatic rings. The van der Waals surface area contributed by atoms with Crippen LogP contribution < -0.4 is 0 Å². The van der Waals surface area contributed by atoms with Crippen LogP contribution in [0, 0.1) is 0 Å². The van der Waals surface area contributed by atoms with Gasteiger partial charge in [0.05, 0.1) is 27.3 Å². The predicted octanol–water partition coefficient (Wildman–Crippen LogP) is 2.73. The molecule has 22 heavy (non-hydrogen) atoms. The topological polar surface area (TPSA) is 80.7 Å². The van der Waals surface area contributed by atoms with E-state index < -0.39 is 25.3 Å². The van der Waals surface area contributed by atoms with E-state index in [0.717, 1.165) is 25.0 Å². The fourth-order valence-electron chi connectivity index (χ4n) is 2.08. The van der Waals surface area contributed by atoms with E-state index in [4.69, 9.17) is 9.84 Å². The van der Waals surface area contributed by atoms with Crippen molar-refractivity contribution in [3.63, 3.8) is 0 Å². The normalized spacial score (nSPS) is 16.2. The Labute approximate surface area is 133 Å². The van der Waals surface area contributed by atoms with Crippen LogP contribution in [0.25, 0.3) is 0 Å². The lowest BCUT2D eigenvalue weighted by Crippen LogP contribution is -2.36. The van der Waals surface area contributed by atoms with Gasteiger partial charge < -0.3 is 9.84 Å². The lowest BCUT2D eigenvalue weighted by Gasteiger charge is -2.35. The monoisotopic (exact) mass is 334 g/mol. The lowest BCUT2D eigenvalue weighted by atomic mass is 10.2. The van der Waals surface area contributed by atoms with Gasteiger partial charge in [0.15, 0.2) is 0 Å². The van der Waals surface area contributed by atoms with Gasteiger partial charge in [0.1, 0.15) is 6.10 Å². The van der Waals surface area contributed by atoms with Crippen LogP contribution in [0.1, 0.15) is 33.1 Å². The minimum atomic E-state index is -2.55. The first-order valence-electron chi connectivity index (χ1n) is 7.57. The fourth-order valence-corrected chi connectivity index (χ4v) is 4.57. The van der Waals surface area contributed by atoms with E-state index >= 15 is 0 Å². The molecule has 7 heteroatoms. The smallest absolute Gasteiger partial charge is 0.331 e. The van der Waals surface area contributed by atoms with Gasteiger partial charge in [-0.2, -0.15) is 0 Å². The van der Waals surface area contributed by atoms with Gasteiger partial charge in [-0.15, -0.1) is 0 Å². The van der Waals surface area contributed by atoms with Gasteiger partial charge >= 0.3 is 11.9 Å². The molecule has 128 valence electrons. The van der Waals surface area contributed by atoms with Crippen LogP contribution in [0.15, 0.2) is 12.2 Å². The number of carbonyl (C=O) groups is 2. The number of nitrogens with zero attached hydrogens (tertiary/aromatic N) is 1. The van der Waals surface area contributed by atoms with E-state index in [1.165, 1.54) is 0 Å². The average molecular weight is 334 g/mol. The molecule has 0 spiro atoms. The molecule has 0 aliphatic rings. The SMILES string of the molecule is CCCCC(CP(=O)(CC)[N+](C)(C)C)OC(=O)/C=C\C(=O)O. The standard InChI is InChI=1S/C15H28NO5P/c1-6-8-9-13(21-15(19)11-10-14(17)18)12-22(20,7-2)16(3,4)5/h10-11,13H,6-9,12H2,1-5H3/p+1/b11-10-. The van der Waals surface area contributed by atoms with Gasteiger partial charge in [0.25, 0.3) is 7.29 Å². The third-order valence-electron chi connectivity index (χ3n) is 3.60. The summed E-state index contributed by atoms with van der Waals surface area (Å²) in [6, 6.07) is 0. The molecule has 0 saturated heterocycles. The Morgan fingerprint density at radius 3 is 2.23 bits per heavy atom. The molecule has 0 fully saturated rings. The number of hydrogen-bond acceptors (Lipinski definition) is 4. The number of carboxylic acids is 1. The van der Waals surface area contributed by atoms with Gasteiger partial charge in [-0.25, -0.2) is 9.59 Å². The number of aliphatic carboxylic acids is 1. The van der Waals surface area contributed by atoms with Crippen LogP contribution in [0.2, 0.25) is 0 Å². The Kier molecular flexibility index (Phi) is 8.64. The number of carbonyl (C=O) groups excluding carboxylic acids is 1. The highest BCUT2D eigenvalue weighted by molar-refractivity contribution is 7.58. The van der Waals surface area contributed by atoms with Crippen molar-refractivity contribution >= 4 is 19.2 Å². The zero-order chi connectivity index (χ0) is 17.4. The van der Waals surface area contributed by atoms with Crippen molar-refractivity contribution in [2.24, 2.45) is 0 Å². The third kappa shape index (κ3) is 7.23. The molecule has 6 nitrogen and oxygen atoms in total. The Morgan fingerprint density at radius 2 is 1.82 bits per heavy atom. The summed E-state index contributed by atoms with van der Waals surface area (Å²) in [4.78, 5) is 22.1. The zero-order valence-electron chi connectivity index (χ0n) is 14.2. The van der Waals surface area contributed by atoms with Gasteiger partial charge in [-0.1, -0.05) is 26.7 Å². The minimum Gasteiger partial charge on any atom is -0.478 e. The maximum Gasteiger partial charge on any atom is 0.331 e. The molecule has 0 rings (SSSR count). The molecule has 0 amide bonds. The molecule has 0 radical (unpaired) electrons. The first-order chi connectivity index (χ1) is 10.1. The summed E-state index contributed by atoms with van der Waals surface area (Å²) in [5.74, 6) is -1.90. The van der Waals surface area contributed by atoms with Crippen LogP contribution >= 0.6 is 7.29 Å². The summed E-state index contributed by atoms with van der Waals surface area (Å²) in [6.45, 7) is 3.91. The molecule has 2 atom stereocenters. The molecule has 0 aliphatic carbocycles. The molecular formula is C15H29NO5P+. The fraction of sp³-hybridized carbons (Fsp3) is 0.733. The molecule has 0 aliphatic heterocycles. The van der Waals surface area contributed by atoms with Gasteiger partial charge in [-0.05, 0) is 6.42 Å². The number of ether oxygens (including phenoxy) is 1. The van der Waals surface area contributed by atoms with Crippen molar-refractivity contribution < 1.29 is 28.3 Å². The van der Waals surface area contributed by atoms with Crippen LogP contribution in [0.4, 0.5) is 0 Å². The van der Waals surface area contributed by atoms with E-state index in [9.17, 15) is 14.2 Å². The summed E-state index contributed by atoms with van der Waals surface area (Å²) < 4.78 is 18.8. The predicted molar refractivity (Wildman–Crippen MR) is 87.2 cm³/mol. The Balaban J connectivity index is 5.02. The molecular weight excluding hydrogens is 305 g/mol. The first-order valence-corrected chi connectivity index (χ1v) is 9.60. The number of quaternary nitrogens is 1. The molecule has 0 aromatic carbocycles. The summed E-state index contributed by atoms with van der Waals surface area (Å²) >= 11 is 0. The Bertz CT molecular complexity index is 453. The van der Waals surface area contributed by atoms with Crippen molar-refractivity contribution in [2.75, 3.05) is 33.5 Å². The average Bonchev–Trinajstić information content (AvgIpc) is 2.41. The zero-order valence-corrected chi connectivity index (χ0v) is 15.1. The first kappa shape index (κ1) is 20.9. The summed E-state index contributed by atoms with van der Waals surface area (Å²) in [6.07, 6.45) is 4.48. The quantitative estimate of drug-likeness (QED) is 0.377. The van der Waals surface area contributed by atoms with E-state index in [-0.39, 0.29) is 0 Å². The van der Waals surface area contributed by atoms with E-state index in [2.05, 4.69) is 0 Å². The highest BCUT2D eigenvalue weighted by Gasteiger charge is 2.38. The third-order valence-corrected chi connectivity index (χ3v) is 7.75. The largest absolute Gasteiger partial charge is 0.478 e. The number of rotatable bonds is 10. The van der Waals surface area contributed by atoms with Crippen molar-refractivity contribution in [1.82, 2.24) is 0 Å². The molecule has 0 saturated carbocycles. The van der Waals surface area contributed by atoms with Crippen molar-refractivity contribution in [1.29, 1.82) is 0 Å².